The maximum Gasteiger partial charge on any atom is 0.422 e. The Hall–Kier alpha value is -3.49. The lowest BCUT2D eigenvalue weighted by molar-refractivity contribution is -0.153. The molecule has 9 heteroatoms. The van der Waals surface area contributed by atoms with E-state index in [1.807, 2.05) is 6.92 Å². The van der Waals surface area contributed by atoms with E-state index in [9.17, 15) is 22.8 Å². The van der Waals surface area contributed by atoms with Gasteiger partial charge in [-0.15, -0.1) is 0 Å². The largest absolute Gasteiger partial charge is 0.483 e. The van der Waals surface area contributed by atoms with Gasteiger partial charge in [0.1, 0.15) is 11.5 Å². The topological polar surface area (TPSA) is 76.1 Å². The molecule has 0 unspecified atom stereocenters. The molecule has 0 radical (unpaired) electrons. The Balaban J connectivity index is 2.17. The van der Waals surface area contributed by atoms with Gasteiger partial charge in [0.05, 0.1) is 5.69 Å². The Kier molecular flexibility index (Phi) is 6.44. The third-order valence-electron chi connectivity index (χ3n) is 5.14. The van der Waals surface area contributed by atoms with Gasteiger partial charge in [-0.1, -0.05) is 6.07 Å². The second-order valence-electron chi connectivity index (χ2n) is 8.13. The Morgan fingerprint density at radius 2 is 1.91 bits per heavy atom. The number of hydrogen-bond donors (Lipinski definition) is 1. The van der Waals surface area contributed by atoms with Crippen LogP contribution in [0.15, 0.2) is 36.4 Å². The number of fused-ring (bicyclic) bond motifs is 1. The number of aliphatic carboxylic acids is 1. The first kappa shape index (κ1) is 24.2. The summed E-state index contributed by atoms with van der Waals surface area (Å²) in [5.74, 6) is -0.925. The molecule has 0 fully saturated rings. The van der Waals surface area contributed by atoms with Gasteiger partial charge >= 0.3 is 12.1 Å². The standard InChI is InChI=1S/C24H24F3NO5/c1-5-28-18-12-16(14(2)10-20(18)33-23(3,4)22(28)31)17-11-15(7-9-21(29)30)6-8-19(17)32-13-24(25,26)27/h6-12H,5,13H2,1-4H3,(H,29,30)/b9-7+. The SMILES string of the molecule is CCN1C(=O)C(C)(C)Oc2cc(C)c(-c3cc(/C=C/C(=O)O)ccc3OCC(F)(F)F)cc21. The third kappa shape index (κ3) is 5.30. The summed E-state index contributed by atoms with van der Waals surface area (Å²) in [7, 11) is 0. The van der Waals surface area contributed by atoms with Crippen molar-refractivity contribution in [1.82, 2.24) is 0 Å². The fraction of sp³-hybridized carbons (Fsp3) is 0.333. The third-order valence-corrected chi connectivity index (χ3v) is 5.14. The molecule has 1 amide bonds. The molecule has 33 heavy (non-hydrogen) atoms. The Morgan fingerprint density at radius 3 is 2.52 bits per heavy atom. The van der Waals surface area contributed by atoms with Crippen LogP contribution in [0, 0.1) is 6.92 Å². The maximum atomic E-state index is 12.8. The van der Waals surface area contributed by atoms with Crippen molar-refractivity contribution in [2.75, 3.05) is 18.1 Å². The molecule has 3 rings (SSSR count). The molecule has 6 nitrogen and oxygen atoms in total. The smallest absolute Gasteiger partial charge is 0.422 e. The summed E-state index contributed by atoms with van der Waals surface area (Å²) in [5.41, 5.74) is 1.46. The average Bonchev–Trinajstić information content (AvgIpc) is 2.71. The van der Waals surface area contributed by atoms with Crippen molar-refractivity contribution >= 4 is 23.6 Å². The molecule has 2 aromatic rings. The lowest BCUT2D eigenvalue weighted by atomic mass is 9.94. The normalized spacial score (nSPS) is 15.4. The Bertz CT molecular complexity index is 1120. The number of carboxylic acid groups (broad SMARTS) is 1. The van der Waals surface area contributed by atoms with E-state index in [-0.39, 0.29) is 11.7 Å². The Morgan fingerprint density at radius 1 is 1.21 bits per heavy atom. The minimum atomic E-state index is -4.53. The molecule has 1 heterocycles. The molecule has 1 aliphatic heterocycles. The minimum Gasteiger partial charge on any atom is -0.483 e. The molecule has 0 aromatic heterocycles. The predicted octanol–water partition coefficient (Wildman–Crippen LogP) is 5.22. The van der Waals surface area contributed by atoms with Crippen molar-refractivity contribution in [2.24, 2.45) is 0 Å². The van der Waals surface area contributed by atoms with Gasteiger partial charge in [0.2, 0.25) is 0 Å². The van der Waals surface area contributed by atoms with Gasteiger partial charge in [-0.25, -0.2) is 4.79 Å². The van der Waals surface area contributed by atoms with Gasteiger partial charge in [-0.2, -0.15) is 13.2 Å². The number of carbonyl (C=O) groups is 2. The van der Waals surface area contributed by atoms with Crippen molar-refractivity contribution in [2.45, 2.75) is 39.5 Å². The molecule has 2 aromatic carbocycles. The molecular formula is C24H24F3NO5. The van der Waals surface area contributed by atoms with Crippen LogP contribution in [-0.4, -0.2) is 41.9 Å². The van der Waals surface area contributed by atoms with Crippen molar-refractivity contribution in [3.63, 3.8) is 0 Å². The average molecular weight is 463 g/mol. The fourth-order valence-electron chi connectivity index (χ4n) is 3.63. The van der Waals surface area contributed by atoms with Gasteiger partial charge in [0.25, 0.3) is 5.91 Å². The van der Waals surface area contributed by atoms with Crippen LogP contribution >= 0.6 is 0 Å². The summed E-state index contributed by atoms with van der Waals surface area (Å²) >= 11 is 0. The summed E-state index contributed by atoms with van der Waals surface area (Å²) in [6.45, 7) is 5.83. The van der Waals surface area contributed by atoms with Crippen molar-refractivity contribution < 1.29 is 37.3 Å². The number of rotatable bonds is 6. The molecule has 176 valence electrons. The van der Waals surface area contributed by atoms with Crippen LogP contribution in [0.2, 0.25) is 0 Å². The molecule has 0 atom stereocenters. The van der Waals surface area contributed by atoms with E-state index in [0.29, 0.717) is 40.2 Å². The predicted molar refractivity (Wildman–Crippen MR) is 118 cm³/mol. The van der Waals surface area contributed by atoms with Crippen LogP contribution in [-0.2, 0) is 9.59 Å². The number of halogens is 3. The number of anilines is 1. The highest BCUT2D eigenvalue weighted by Crippen LogP contribution is 2.44. The van der Waals surface area contributed by atoms with Gasteiger partial charge in [-0.3, -0.25) is 4.79 Å². The molecule has 0 aliphatic carbocycles. The van der Waals surface area contributed by atoms with Crippen LogP contribution in [0.4, 0.5) is 18.9 Å². The molecule has 1 N–H and O–H groups in total. The number of aryl methyl sites for hydroxylation is 1. The van der Waals surface area contributed by atoms with Crippen LogP contribution in [0.1, 0.15) is 31.9 Å². The zero-order valence-electron chi connectivity index (χ0n) is 18.6. The highest BCUT2D eigenvalue weighted by Gasteiger charge is 2.40. The first-order valence-electron chi connectivity index (χ1n) is 10.2. The zero-order valence-corrected chi connectivity index (χ0v) is 18.6. The molecule has 1 aliphatic rings. The number of amides is 1. The van der Waals surface area contributed by atoms with E-state index in [4.69, 9.17) is 14.6 Å². The van der Waals surface area contributed by atoms with E-state index in [1.54, 1.807) is 43.9 Å². The molecule has 0 bridgehead atoms. The van der Waals surface area contributed by atoms with Crippen LogP contribution < -0.4 is 14.4 Å². The van der Waals surface area contributed by atoms with Crippen molar-refractivity contribution in [3.8, 4) is 22.6 Å². The lowest BCUT2D eigenvalue weighted by Gasteiger charge is -2.39. The van der Waals surface area contributed by atoms with Gasteiger partial charge in [-0.05, 0) is 74.7 Å². The van der Waals surface area contributed by atoms with Crippen LogP contribution in [0.3, 0.4) is 0 Å². The summed E-state index contributed by atoms with van der Waals surface area (Å²) in [4.78, 5) is 25.3. The van der Waals surface area contributed by atoms with Crippen molar-refractivity contribution in [3.05, 3.63) is 47.5 Å². The quantitative estimate of drug-likeness (QED) is 0.594. The first-order valence-corrected chi connectivity index (χ1v) is 10.2. The maximum absolute atomic E-state index is 12.8. The fourth-order valence-corrected chi connectivity index (χ4v) is 3.63. The number of carboxylic acids is 1. The van der Waals surface area contributed by atoms with E-state index < -0.39 is 24.4 Å². The number of hydrogen-bond acceptors (Lipinski definition) is 4. The second-order valence-corrected chi connectivity index (χ2v) is 8.13. The summed E-state index contributed by atoms with van der Waals surface area (Å²) in [6.07, 6.45) is -2.27. The number of carbonyl (C=O) groups excluding carboxylic acids is 1. The van der Waals surface area contributed by atoms with Crippen LogP contribution in [0.25, 0.3) is 17.2 Å². The van der Waals surface area contributed by atoms with Gasteiger partial charge < -0.3 is 19.5 Å². The molecule has 0 spiro atoms. The highest BCUT2D eigenvalue weighted by molar-refractivity contribution is 6.03. The van der Waals surface area contributed by atoms with E-state index in [2.05, 4.69) is 0 Å². The molecular weight excluding hydrogens is 439 g/mol. The molecule has 0 saturated carbocycles. The van der Waals surface area contributed by atoms with E-state index in [1.165, 1.54) is 18.2 Å². The minimum absolute atomic E-state index is 0.0192. The lowest BCUT2D eigenvalue weighted by Crippen LogP contribution is -2.52. The summed E-state index contributed by atoms with van der Waals surface area (Å²) in [5, 5.41) is 8.90. The summed E-state index contributed by atoms with van der Waals surface area (Å²) in [6, 6.07) is 7.79. The van der Waals surface area contributed by atoms with E-state index in [0.717, 1.165) is 6.08 Å². The van der Waals surface area contributed by atoms with Gasteiger partial charge in [0, 0.05) is 18.2 Å². The van der Waals surface area contributed by atoms with Crippen molar-refractivity contribution in [1.29, 1.82) is 0 Å². The summed E-state index contributed by atoms with van der Waals surface area (Å²) < 4.78 is 49.4. The monoisotopic (exact) mass is 463 g/mol. The number of nitrogens with zero attached hydrogens (tertiary/aromatic N) is 1. The number of alkyl halides is 3. The second kappa shape index (κ2) is 8.80. The molecule has 0 saturated heterocycles. The van der Waals surface area contributed by atoms with Gasteiger partial charge in [0.15, 0.2) is 12.2 Å². The Labute approximate surface area is 189 Å². The number of ether oxygens (including phenoxy) is 2. The number of benzene rings is 2. The zero-order chi connectivity index (χ0) is 24.6. The first-order chi connectivity index (χ1) is 15.3. The highest BCUT2D eigenvalue weighted by atomic mass is 19.4. The van der Waals surface area contributed by atoms with Crippen LogP contribution in [0.5, 0.6) is 11.5 Å². The number of likely N-dealkylation sites (N-methyl/N-ethyl adjacent to an activating group) is 1. The van der Waals surface area contributed by atoms with E-state index >= 15 is 0 Å².